The summed E-state index contributed by atoms with van der Waals surface area (Å²) in [4.78, 5) is 19.7. The molecule has 2 fully saturated rings. The SMILES string of the molecule is O=C([C@@H]1C[C@H](O)[C@@H](CO)O1)N1CCN(c2ccc(C(F)(F)F)cn2)CC1. The Morgan fingerprint density at radius 3 is 2.46 bits per heavy atom. The average Bonchev–Trinajstić information content (AvgIpc) is 3.01. The van der Waals surface area contributed by atoms with Crippen LogP contribution in [0.25, 0.3) is 0 Å². The number of carbonyl (C=O) groups is 1. The van der Waals surface area contributed by atoms with E-state index >= 15 is 0 Å². The zero-order valence-electron chi connectivity index (χ0n) is 13.9. The van der Waals surface area contributed by atoms with Gasteiger partial charge in [0.25, 0.3) is 5.91 Å². The van der Waals surface area contributed by atoms with Crippen LogP contribution in [-0.2, 0) is 15.7 Å². The topological polar surface area (TPSA) is 86.1 Å². The lowest BCUT2D eigenvalue weighted by molar-refractivity contribution is -0.144. The van der Waals surface area contributed by atoms with Gasteiger partial charge >= 0.3 is 6.18 Å². The van der Waals surface area contributed by atoms with Gasteiger partial charge in [0.05, 0.1) is 18.3 Å². The number of pyridine rings is 1. The highest BCUT2D eigenvalue weighted by Gasteiger charge is 2.40. The predicted molar refractivity (Wildman–Crippen MR) is 84.4 cm³/mol. The first-order chi connectivity index (χ1) is 12.3. The fraction of sp³-hybridized carbons (Fsp3) is 0.625. The van der Waals surface area contributed by atoms with Gasteiger partial charge in [-0.05, 0) is 12.1 Å². The maximum Gasteiger partial charge on any atom is 0.417 e. The summed E-state index contributed by atoms with van der Waals surface area (Å²) in [5.74, 6) is 0.179. The molecule has 0 unspecified atom stereocenters. The van der Waals surface area contributed by atoms with Crippen LogP contribution in [0.15, 0.2) is 18.3 Å². The Labute approximate surface area is 148 Å². The van der Waals surface area contributed by atoms with Crippen LogP contribution in [0.2, 0.25) is 0 Å². The minimum Gasteiger partial charge on any atom is -0.394 e. The number of ether oxygens (including phenoxy) is 1. The molecule has 2 aliphatic heterocycles. The molecule has 1 aromatic heterocycles. The number of alkyl halides is 3. The van der Waals surface area contributed by atoms with Gasteiger partial charge in [0.15, 0.2) is 0 Å². The maximum atomic E-state index is 12.6. The minimum atomic E-state index is -4.42. The van der Waals surface area contributed by atoms with Crippen molar-refractivity contribution in [3.8, 4) is 0 Å². The van der Waals surface area contributed by atoms with Crippen molar-refractivity contribution in [2.75, 3.05) is 37.7 Å². The molecule has 10 heteroatoms. The van der Waals surface area contributed by atoms with Crippen molar-refractivity contribution < 1.29 is 32.9 Å². The molecular formula is C16H20F3N3O4. The second-order valence-electron chi connectivity index (χ2n) is 6.36. The Morgan fingerprint density at radius 2 is 1.96 bits per heavy atom. The third-order valence-corrected chi connectivity index (χ3v) is 4.67. The number of rotatable bonds is 3. The van der Waals surface area contributed by atoms with Crippen LogP contribution < -0.4 is 4.90 Å². The van der Waals surface area contributed by atoms with E-state index in [9.17, 15) is 23.1 Å². The van der Waals surface area contributed by atoms with Gasteiger partial charge in [0.1, 0.15) is 18.0 Å². The summed E-state index contributed by atoms with van der Waals surface area (Å²) in [5, 5.41) is 18.8. The van der Waals surface area contributed by atoms with Crippen LogP contribution in [0, 0.1) is 0 Å². The van der Waals surface area contributed by atoms with Crippen molar-refractivity contribution in [3.05, 3.63) is 23.9 Å². The molecule has 0 saturated carbocycles. The van der Waals surface area contributed by atoms with Crippen molar-refractivity contribution in [3.63, 3.8) is 0 Å². The number of amides is 1. The molecule has 7 nitrogen and oxygen atoms in total. The van der Waals surface area contributed by atoms with E-state index in [2.05, 4.69) is 4.98 Å². The molecule has 0 bridgehead atoms. The van der Waals surface area contributed by atoms with Crippen molar-refractivity contribution in [1.29, 1.82) is 0 Å². The summed E-state index contributed by atoms with van der Waals surface area (Å²) >= 11 is 0. The van der Waals surface area contributed by atoms with Crippen molar-refractivity contribution >= 4 is 11.7 Å². The largest absolute Gasteiger partial charge is 0.417 e. The third-order valence-electron chi connectivity index (χ3n) is 4.67. The van der Waals surface area contributed by atoms with Gasteiger partial charge in [-0.25, -0.2) is 4.98 Å². The lowest BCUT2D eigenvalue weighted by Gasteiger charge is -2.36. The monoisotopic (exact) mass is 375 g/mol. The first kappa shape index (κ1) is 18.9. The highest BCUT2D eigenvalue weighted by atomic mass is 19.4. The van der Waals surface area contributed by atoms with E-state index in [4.69, 9.17) is 9.84 Å². The highest BCUT2D eigenvalue weighted by molar-refractivity contribution is 5.81. The molecule has 0 aromatic carbocycles. The van der Waals surface area contributed by atoms with Crippen LogP contribution in [-0.4, -0.2) is 77.1 Å². The summed E-state index contributed by atoms with van der Waals surface area (Å²) in [6, 6.07) is 2.31. The van der Waals surface area contributed by atoms with E-state index in [1.165, 1.54) is 6.07 Å². The summed E-state index contributed by atoms with van der Waals surface area (Å²) < 4.78 is 43.1. The zero-order valence-corrected chi connectivity index (χ0v) is 13.9. The van der Waals surface area contributed by atoms with Gasteiger partial charge in [-0.1, -0.05) is 0 Å². The molecule has 2 N–H and O–H groups in total. The average molecular weight is 375 g/mol. The maximum absolute atomic E-state index is 12.6. The molecule has 1 aromatic rings. The lowest BCUT2D eigenvalue weighted by atomic mass is 10.1. The second-order valence-corrected chi connectivity index (χ2v) is 6.36. The van der Waals surface area contributed by atoms with Crippen LogP contribution in [0.3, 0.4) is 0 Å². The number of hydrogen-bond donors (Lipinski definition) is 2. The molecule has 3 atom stereocenters. The smallest absolute Gasteiger partial charge is 0.394 e. The van der Waals surface area contributed by atoms with E-state index in [1.54, 1.807) is 4.90 Å². The summed E-state index contributed by atoms with van der Waals surface area (Å²) in [6.07, 6.45) is -5.87. The van der Waals surface area contributed by atoms with E-state index in [0.717, 1.165) is 12.3 Å². The number of halogens is 3. The number of nitrogens with zero attached hydrogens (tertiary/aromatic N) is 3. The minimum absolute atomic E-state index is 0.144. The van der Waals surface area contributed by atoms with Gasteiger partial charge in [0, 0.05) is 38.8 Å². The summed E-state index contributed by atoms with van der Waals surface area (Å²) in [5.41, 5.74) is -0.801. The normalized spacial score (nSPS) is 27.0. The number of aliphatic hydroxyl groups is 2. The van der Waals surface area contributed by atoms with E-state index in [0.29, 0.717) is 32.0 Å². The molecule has 1 amide bonds. The van der Waals surface area contributed by atoms with Crippen LogP contribution in [0.5, 0.6) is 0 Å². The quantitative estimate of drug-likeness (QED) is 0.788. The first-order valence-electron chi connectivity index (χ1n) is 8.31. The Kier molecular flexibility index (Phi) is 5.35. The molecule has 0 spiro atoms. The third kappa shape index (κ3) is 3.92. The molecule has 0 aliphatic carbocycles. The number of piperazine rings is 1. The molecule has 0 radical (unpaired) electrons. The molecule has 2 saturated heterocycles. The molecule has 2 aliphatic rings. The van der Waals surface area contributed by atoms with Gasteiger partial charge in [-0.3, -0.25) is 4.79 Å². The van der Waals surface area contributed by atoms with Crippen LogP contribution >= 0.6 is 0 Å². The number of aromatic nitrogens is 1. The fourth-order valence-corrected chi connectivity index (χ4v) is 3.15. The Balaban J connectivity index is 1.55. The zero-order chi connectivity index (χ0) is 18.9. The van der Waals surface area contributed by atoms with Crippen molar-refractivity contribution in [2.45, 2.75) is 30.9 Å². The van der Waals surface area contributed by atoms with Gasteiger partial charge < -0.3 is 24.7 Å². The van der Waals surface area contributed by atoms with Crippen molar-refractivity contribution in [1.82, 2.24) is 9.88 Å². The predicted octanol–water partition coefficient (Wildman–Crippen LogP) is 0.260. The van der Waals surface area contributed by atoms with Crippen molar-refractivity contribution in [2.24, 2.45) is 0 Å². The van der Waals surface area contributed by atoms with Gasteiger partial charge in [-0.15, -0.1) is 0 Å². The number of carbonyl (C=O) groups excluding carboxylic acids is 1. The van der Waals surface area contributed by atoms with E-state index in [1.807, 2.05) is 4.90 Å². The molecule has 26 heavy (non-hydrogen) atoms. The van der Waals surface area contributed by atoms with Gasteiger partial charge in [-0.2, -0.15) is 13.2 Å². The summed E-state index contributed by atoms with van der Waals surface area (Å²) in [6.45, 7) is 1.27. The number of hydrogen-bond acceptors (Lipinski definition) is 6. The van der Waals surface area contributed by atoms with Crippen LogP contribution in [0.4, 0.5) is 19.0 Å². The first-order valence-corrected chi connectivity index (χ1v) is 8.31. The van der Waals surface area contributed by atoms with E-state index in [-0.39, 0.29) is 18.9 Å². The molecule has 3 rings (SSSR count). The highest BCUT2D eigenvalue weighted by Crippen LogP contribution is 2.29. The van der Waals surface area contributed by atoms with E-state index < -0.39 is 30.1 Å². The van der Waals surface area contributed by atoms with Gasteiger partial charge in [0.2, 0.25) is 0 Å². The Morgan fingerprint density at radius 1 is 1.27 bits per heavy atom. The Hall–Kier alpha value is -1.91. The molecular weight excluding hydrogens is 355 g/mol. The lowest BCUT2D eigenvalue weighted by Crippen LogP contribution is -2.51. The number of aliphatic hydroxyl groups excluding tert-OH is 2. The van der Waals surface area contributed by atoms with Crippen LogP contribution in [0.1, 0.15) is 12.0 Å². The fourth-order valence-electron chi connectivity index (χ4n) is 3.15. The molecule has 3 heterocycles. The number of anilines is 1. The molecule has 144 valence electrons. The standard InChI is InChI=1S/C16H20F3N3O4/c17-16(18,19)10-1-2-14(20-8-10)21-3-5-22(6-4-21)15(25)12-7-11(24)13(9-23)26-12/h1-2,8,11-13,23-24H,3-7,9H2/t11-,12-,13+/m0/s1. The Bertz CT molecular complexity index is 633. The second kappa shape index (κ2) is 7.37. The summed E-state index contributed by atoms with van der Waals surface area (Å²) in [7, 11) is 0.